The monoisotopic (exact) mass is 492 g/mol. The van der Waals surface area contributed by atoms with Gasteiger partial charge in [0.1, 0.15) is 22.8 Å². The van der Waals surface area contributed by atoms with Crippen LogP contribution in [0.3, 0.4) is 0 Å². The Labute approximate surface area is 210 Å². The zero-order valence-corrected chi connectivity index (χ0v) is 20.6. The van der Waals surface area contributed by atoms with Gasteiger partial charge < -0.3 is 19.3 Å². The minimum Gasteiger partial charge on any atom is -0.496 e. The molecule has 1 atom stereocenters. The maximum atomic E-state index is 13.3. The van der Waals surface area contributed by atoms with Gasteiger partial charge in [0.25, 0.3) is 0 Å². The van der Waals surface area contributed by atoms with Crippen molar-refractivity contribution >= 4 is 23.3 Å². The molecular weight excluding hydrogens is 464 g/mol. The van der Waals surface area contributed by atoms with E-state index in [2.05, 4.69) is 4.90 Å². The van der Waals surface area contributed by atoms with Crippen molar-refractivity contribution in [3.05, 3.63) is 82.8 Å². The molecule has 8 heteroatoms. The number of amides is 1. The number of carbonyl (C=O) groups excluding carboxylic acids is 1. The molecule has 0 saturated carbocycles. The zero-order valence-electron chi connectivity index (χ0n) is 19.8. The number of anilines is 1. The van der Waals surface area contributed by atoms with E-state index in [0.717, 1.165) is 52.9 Å². The Kier molecular flexibility index (Phi) is 7.16. The van der Waals surface area contributed by atoms with Gasteiger partial charge in [-0.05, 0) is 11.6 Å². The maximum Gasteiger partial charge on any atom is 0.245 e. The van der Waals surface area contributed by atoms with Gasteiger partial charge in [-0.15, -0.1) is 11.6 Å². The summed E-state index contributed by atoms with van der Waals surface area (Å²) in [6.07, 6.45) is 1.24. The molecule has 0 aliphatic carbocycles. The predicted molar refractivity (Wildman–Crippen MR) is 135 cm³/mol. The van der Waals surface area contributed by atoms with E-state index in [4.69, 9.17) is 31.0 Å². The Morgan fingerprint density at radius 3 is 2.57 bits per heavy atom. The lowest BCUT2D eigenvalue weighted by atomic mass is 10.0. The van der Waals surface area contributed by atoms with Crippen molar-refractivity contribution in [2.45, 2.75) is 24.8 Å². The van der Waals surface area contributed by atoms with Gasteiger partial charge in [0.15, 0.2) is 0 Å². The highest BCUT2D eigenvalue weighted by Gasteiger charge is 2.31. The minimum absolute atomic E-state index is 0.0884. The summed E-state index contributed by atoms with van der Waals surface area (Å²) in [4.78, 5) is 27.3. The van der Waals surface area contributed by atoms with Crippen molar-refractivity contribution in [2.24, 2.45) is 0 Å². The molecule has 182 valence electrons. The van der Waals surface area contributed by atoms with E-state index in [-0.39, 0.29) is 5.91 Å². The number of hydrogen-bond donors (Lipinski definition) is 0. The second-order valence-corrected chi connectivity index (χ2v) is 9.20. The summed E-state index contributed by atoms with van der Waals surface area (Å²) in [5.74, 6) is 2.39. The van der Waals surface area contributed by atoms with Crippen LogP contribution in [0.15, 0.2) is 54.6 Å². The molecule has 2 aliphatic rings. The topological polar surface area (TPSA) is 67.8 Å². The summed E-state index contributed by atoms with van der Waals surface area (Å²) in [5, 5.41) is -0.713. The largest absolute Gasteiger partial charge is 0.496 e. The summed E-state index contributed by atoms with van der Waals surface area (Å²) < 4.78 is 11.1. The lowest BCUT2D eigenvalue weighted by molar-refractivity contribution is -0.131. The SMILES string of the molecule is COc1ccccc1Cc1nc2c(c(N3CCOCC3)n1)CN(C(=O)[C@H](Cl)c1ccccc1)CC2. The van der Waals surface area contributed by atoms with E-state index < -0.39 is 5.38 Å². The Balaban J connectivity index is 1.45. The quantitative estimate of drug-likeness (QED) is 0.488. The number of alkyl halides is 1. The molecule has 0 unspecified atom stereocenters. The second-order valence-electron chi connectivity index (χ2n) is 8.76. The van der Waals surface area contributed by atoms with Crippen LogP contribution >= 0.6 is 11.6 Å². The van der Waals surface area contributed by atoms with Crippen LogP contribution in [0, 0.1) is 0 Å². The molecule has 1 amide bonds. The third kappa shape index (κ3) is 5.11. The molecule has 5 rings (SSSR count). The van der Waals surface area contributed by atoms with Crippen LogP contribution in [0.4, 0.5) is 5.82 Å². The molecule has 0 bridgehead atoms. The van der Waals surface area contributed by atoms with Crippen LogP contribution < -0.4 is 9.64 Å². The van der Waals surface area contributed by atoms with Crippen molar-refractivity contribution in [3.8, 4) is 5.75 Å². The number of halogens is 1. The summed E-state index contributed by atoms with van der Waals surface area (Å²) >= 11 is 6.59. The fraction of sp³-hybridized carbons (Fsp3) is 0.370. The average molecular weight is 493 g/mol. The number of morpholine rings is 1. The normalized spacial score (nSPS) is 16.5. The average Bonchev–Trinajstić information content (AvgIpc) is 2.93. The predicted octanol–water partition coefficient (Wildman–Crippen LogP) is 3.78. The van der Waals surface area contributed by atoms with Crippen molar-refractivity contribution in [3.63, 3.8) is 0 Å². The molecule has 35 heavy (non-hydrogen) atoms. The second kappa shape index (κ2) is 10.6. The number of aromatic nitrogens is 2. The highest BCUT2D eigenvalue weighted by molar-refractivity contribution is 6.30. The summed E-state index contributed by atoms with van der Waals surface area (Å²) in [7, 11) is 1.68. The van der Waals surface area contributed by atoms with Crippen LogP contribution in [-0.2, 0) is 28.9 Å². The first-order valence-electron chi connectivity index (χ1n) is 11.9. The van der Waals surface area contributed by atoms with Gasteiger partial charge in [0.05, 0.1) is 32.6 Å². The molecule has 3 aromatic rings. The van der Waals surface area contributed by atoms with E-state index in [9.17, 15) is 4.79 Å². The highest BCUT2D eigenvalue weighted by Crippen LogP contribution is 2.31. The van der Waals surface area contributed by atoms with Gasteiger partial charge in [-0.1, -0.05) is 48.5 Å². The smallest absolute Gasteiger partial charge is 0.245 e. The number of benzene rings is 2. The first kappa shape index (κ1) is 23.6. The van der Waals surface area contributed by atoms with Crippen molar-refractivity contribution in [1.29, 1.82) is 0 Å². The summed E-state index contributed by atoms with van der Waals surface area (Å²) in [6, 6.07) is 17.5. The van der Waals surface area contributed by atoms with E-state index in [1.807, 2.05) is 59.5 Å². The third-order valence-corrected chi connectivity index (χ3v) is 7.00. The van der Waals surface area contributed by atoms with Crippen molar-refractivity contribution in [2.75, 3.05) is 44.9 Å². The lowest BCUT2D eigenvalue weighted by Crippen LogP contribution is -2.42. The van der Waals surface area contributed by atoms with Gasteiger partial charge in [0, 0.05) is 43.6 Å². The van der Waals surface area contributed by atoms with Crippen molar-refractivity contribution < 1.29 is 14.3 Å². The molecule has 0 spiro atoms. The molecule has 0 radical (unpaired) electrons. The Morgan fingerprint density at radius 1 is 1.06 bits per heavy atom. The maximum absolute atomic E-state index is 13.3. The summed E-state index contributed by atoms with van der Waals surface area (Å²) in [5.41, 5.74) is 3.86. The highest BCUT2D eigenvalue weighted by atomic mass is 35.5. The van der Waals surface area contributed by atoms with Crippen LogP contribution in [0.1, 0.15) is 33.6 Å². The van der Waals surface area contributed by atoms with E-state index >= 15 is 0 Å². The van der Waals surface area contributed by atoms with Crippen LogP contribution in [0.5, 0.6) is 5.75 Å². The number of rotatable bonds is 6. The molecule has 7 nitrogen and oxygen atoms in total. The number of ether oxygens (including phenoxy) is 2. The third-order valence-electron chi connectivity index (χ3n) is 6.56. The number of nitrogens with zero attached hydrogens (tertiary/aromatic N) is 4. The molecule has 3 heterocycles. The van der Waals surface area contributed by atoms with Crippen LogP contribution in [0.25, 0.3) is 0 Å². The fourth-order valence-electron chi connectivity index (χ4n) is 4.69. The molecule has 2 aromatic carbocycles. The van der Waals surface area contributed by atoms with E-state index in [1.165, 1.54) is 0 Å². The van der Waals surface area contributed by atoms with Gasteiger partial charge in [-0.25, -0.2) is 9.97 Å². The molecule has 1 aromatic heterocycles. The first-order valence-corrected chi connectivity index (χ1v) is 12.4. The minimum atomic E-state index is -0.713. The van der Waals surface area contributed by atoms with Crippen LogP contribution in [-0.4, -0.2) is 60.7 Å². The molecule has 0 N–H and O–H groups in total. The van der Waals surface area contributed by atoms with Gasteiger partial charge in [-0.3, -0.25) is 4.79 Å². The first-order chi connectivity index (χ1) is 17.1. The molecule has 1 fully saturated rings. The van der Waals surface area contributed by atoms with E-state index in [0.29, 0.717) is 39.1 Å². The number of hydrogen-bond acceptors (Lipinski definition) is 6. The Bertz CT molecular complexity index is 1180. The molecule has 1 saturated heterocycles. The Morgan fingerprint density at radius 2 is 1.80 bits per heavy atom. The number of carbonyl (C=O) groups is 1. The zero-order chi connectivity index (χ0) is 24.2. The van der Waals surface area contributed by atoms with Crippen LogP contribution in [0.2, 0.25) is 0 Å². The summed E-state index contributed by atoms with van der Waals surface area (Å²) in [6.45, 7) is 3.85. The fourth-order valence-corrected chi connectivity index (χ4v) is 4.98. The Hall–Kier alpha value is -3.16. The lowest BCUT2D eigenvalue weighted by Gasteiger charge is -2.35. The number of para-hydroxylation sites is 1. The van der Waals surface area contributed by atoms with Gasteiger partial charge in [-0.2, -0.15) is 0 Å². The van der Waals surface area contributed by atoms with Gasteiger partial charge >= 0.3 is 0 Å². The standard InChI is InChI=1S/C27H29ClN4O3/c1-34-23-10-6-5-9-20(23)17-24-29-22-11-12-32(27(33)25(28)19-7-3-2-4-8-19)18-21(22)26(30-24)31-13-15-35-16-14-31/h2-10,25H,11-18H2,1H3/t25-/m1/s1. The number of fused-ring (bicyclic) bond motifs is 1. The molecule has 2 aliphatic heterocycles. The van der Waals surface area contributed by atoms with Crippen molar-refractivity contribution in [1.82, 2.24) is 14.9 Å². The van der Waals surface area contributed by atoms with E-state index in [1.54, 1.807) is 7.11 Å². The number of methoxy groups -OCH3 is 1. The van der Waals surface area contributed by atoms with Gasteiger partial charge in [0.2, 0.25) is 5.91 Å². The molecular formula is C27H29ClN4O3.